The third-order valence-corrected chi connectivity index (χ3v) is 4.09. The summed E-state index contributed by atoms with van der Waals surface area (Å²) in [5.74, 6) is -1.12. The number of hydrogen-bond acceptors (Lipinski definition) is 2. The molecule has 2 atom stereocenters. The first-order valence-corrected chi connectivity index (χ1v) is 7.44. The predicted octanol–water partition coefficient (Wildman–Crippen LogP) is 3.60. The van der Waals surface area contributed by atoms with Crippen molar-refractivity contribution in [3.05, 3.63) is 59.3 Å². The van der Waals surface area contributed by atoms with Gasteiger partial charge < -0.3 is 10.1 Å². The molecule has 1 aliphatic heterocycles. The van der Waals surface area contributed by atoms with E-state index >= 15 is 0 Å². The zero-order chi connectivity index (χ0) is 16.4. The number of carbonyl (C=O) groups is 1. The minimum Gasteiger partial charge on any atom is -0.371 e. The summed E-state index contributed by atoms with van der Waals surface area (Å²) in [5.41, 5.74) is 0.253. The molecule has 3 rings (SSSR count). The van der Waals surface area contributed by atoms with Gasteiger partial charge in [0.1, 0.15) is 6.10 Å². The lowest BCUT2D eigenvalue weighted by atomic mass is 9.81. The molecule has 1 amide bonds. The van der Waals surface area contributed by atoms with E-state index in [1.807, 2.05) is 0 Å². The Labute approximate surface area is 131 Å². The number of halogens is 3. The molecule has 1 saturated heterocycles. The molecule has 1 aromatic rings. The van der Waals surface area contributed by atoms with Gasteiger partial charge in [0.2, 0.25) is 0 Å². The van der Waals surface area contributed by atoms with Crippen molar-refractivity contribution in [1.29, 1.82) is 0 Å². The molecule has 1 N–H and O–H groups in total. The number of allylic oxidation sites excluding steroid dienone is 2. The van der Waals surface area contributed by atoms with Crippen LogP contribution >= 0.6 is 0 Å². The van der Waals surface area contributed by atoms with Gasteiger partial charge >= 0.3 is 6.18 Å². The van der Waals surface area contributed by atoms with Crippen LogP contribution in [0.5, 0.6) is 0 Å². The van der Waals surface area contributed by atoms with E-state index < -0.39 is 23.8 Å². The Hall–Kier alpha value is -2.08. The van der Waals surface area contributed by atoms with Gasteiger partial charge in [-0.3, -0.25) is 4.79 Å². The molecule has 23 heavy (non-hydrogen) atoms. The van der Waals surface area contributed by atoms with E-state index in [0.29, 0.717) is 30.7 Å². The first-order chi connectivity index (χ1) is 11.0. The molecule has 2 aliphatic rings. The molecular formula is C17H16F3NO2. The second-order valence-electron chi connectivity index (χ2n) is 5.60. The van der Waals surface area contributed by atoms with Gasteiger partial charge in [-0.1, -0.05) is 24.3 Å². The van der Waals surface area contributed by atoms with Crippen molar-refractivity contribution >= 4 is 5.91 Å². The molecule has 122 valence electrons. The topological polar surface area (TPSA) is 38.3 Å². The lowest BCUT2D eigenvalue weighted by molar-refractivity contribution is -0.113. The molecule has 1 aliphatic carbocycles. The quantitative estimate of drug-likeness (QED) is 0.903. The highest BCUT2D eigenvalue weighted by Crippen LogP contribution is 2.42. The van der Waals surface area contributed by atoms with Gasteiger partial charge in [0.15, 0.2) is 0 Å². The van der Waals surface area contributed by atoms with E-state index in [2.05, 4.69) is 5.32 Å². The van der Waals surface area contributed by atoms with Crippen LogP contribution in [0.4, 0.5) is 13.2 Å². The summed E-state index contributed by atoms with van der Waals surface area (Å²) < 4.78 is 44.9. The number of rotatable bonds is 2. The largest absolute Gasteiger partial charge is 0.413 e. The van der Waals surface area contributed by atoms with Crippen LogP contribution in [0, 0.1) is 5.92 Å². The molecular weight excluding hydrogens is 307 g/mol. The monoisotopic (exact) mass is 323 g/mol. The number of benzene rings is 1. The Kier molecular flexibility index (Phi) is 4.26. The van der Waals surface area contributed by atoms with Crippen LogP contribution in [-0.2, 0) is 4.74 Å². The number of alkyl halides is 3. The summed E-state index contributed by atoms with van der Waals surface area (Å²) in [5, 5.41) is 2.69. The van der Waals surface area contributed by atoms with E-state index in [-0.39, 0.29) is 5.91 Å². The Morgan fingerprint density at radius 3 is 2.61 bits per heavy atom. The molecule has 0 unspecified atom stereocenters. The SMILES string of the molecule is O=C(NC1=CC=C(C(F)(F)F)[C@H]2CCCO[C@@H]12)c1ccccc1. The van der Waals surface area contributed by atoms with Crippen LogP contribution in [0.1, 0.15) is 23.2 Å². The average Bonchev–Trinajstić information content (AvgIpc) is 2.55. The third kappa shape index (κ3) is 3.32. The van der Waals surface area contributed by atoms with Crippen molar-refractivity contribution in [3.63, 3.8) is 0 Å². The van der Waals surface area contributed by atoms with Crippen LogP contribution in [0.15, 0.2) is 53.8 Å². The van der Waals surface area contributed by atoms with E-state index in [0.717, 1.165) is 6.08 Å². The predicted molar refractivity (Wildman–Crippen MR) is 78.6 cm³/mol. The summed E-state index contributed by atoms with van der Waals surface area (Å²) in [7, 11) is 0. The van der Waals surface area contributed by atoms with E-state index in [1.54, 1.807) is 30.3 Å². The molecule has 6 heteroatoms. The van der Waals surface area contributed by atoms with Gasteiger partial charge in [0.05, 0.1) is 0 Å². The molecule has 1 fully saturated rings. The molecule has 0 radical (unpaired) electrons. The third-order valence-electron chi connectivity index (χ3n) is 4.09. The number of nitrogens with one attached hydrogen (secondary N) is 1. The maximum Gasteiger partial charge on any atom is 0.413 e. The van der Waals surface area contributed by atoms with Crippen LogP contribution in [-0.4, -0.2) is 24.8 Å². The maximum absolute atomic E-state index is 13.1. The van der Waals surface area contributed by atoms with Crippen LogP contribution in [0.3, 0.4) is 0 Å². The fourth-order valence-electron chi connectivity index (χ4n) is 3.01. The van der Waals surface area contributed by atoms with E-state index in [4.69, 9.17) is 4.74 Å². The van der Waals surface area contributed by atoms with Crippen LogP contribution in [0.2, 0.25) is 0 Å². The lowest BCUT2D eigenvalue weighted by Gasteiger charge is -2.37. The summed E-state index contributed by atoms with van der Waals surface area (Å²) in [6, 6.07) is 8.54. The van der Waals surface area contributed by atoms with Gasteiger partial charge in [-0.15, -0.1) is 0 Å². The van der Waals surface area contributed by atoms with Crippen LogP contribution < -0.4 is 5.32 Å². The second-order valence-corrected chi connectivity index (χ2v) is 5.60. The minimum absolute atomic E-state index is 0.353. The molecule has 0 saturated carbocycles. The molecule has 1 aromatic carbocycles. The number of hydrogen-bond donors (Lipinski definition) is 1. The van der Waals surface area contributed by atoms with E-state index in [9.17, 15) is 18.0 Å². The molecule has 1 heterocycles. The van der Waals surface area contributed by atoms with Gasteiger partial charge in [-0.25, -0.2) is 0 Å². The Bertz CT molecular complexity index is 650. The highest BCUT2D eigenvalue weighted by atomic mass is 19.4. The van der Waals surface area contributed by atoms with Gasteiger partial charge in [0.25, 0.3) is 5.91 Å². The standard InChI is InChI=1S/C17H16F3NO2/c18-17(19,20)13-8-9-14(15-12(13)7-4-10-23-15)21-16(22)11-5-2-1-3-6-11/h1-3,5-6,8-9,12,15H,4,7,10H2,(H,21,22)/t12-,15-/m1/s1. The highest BCUT2D eigenvalue weighted by molar-refractivity contribution is 5.95. The van der Waals surface area contributed by atoms with Gasteiger partial charge in [-0.2, -0.15) is 13.2 Å². The maximum atomic E-state index is 13.1. The van der Waals surface area contributed by atoms with Crippen molar-refractivity contribution in [3.8, 4) is 0 Å². The fourth-order valence-corrected chi connectivity index (χ4v) is 3.01. The van der Waals surface area contributed by atoms with Crippen LogP contribution in [0.25, 0.3) is 0 Å². The second kappa shape index (κ2) is 6.20. The number of amides is 1. The lowest BCUT2D eigenvalue weighted by Crippen LogP contribution is -2.43. The summed E-state index contributed by atoms with van der Waals surface area (Å²) in [4.78, 5) is 12.2. The first kappa shape index (κ1) is 15.8. The zero-order valence-electron chi connectivity index (χ0n) is 12.3. The number of carbonyl (C=O) groups excluding carboxylic acids is 1. The van der Waals surface area contributed by atoms with Crippen molar-refractivity contribution in [2.75, 3.05) is 6.61 Å². The smallest absolute Gasteiger partial charge is 0.371 e. The minimum atomic E-state index is -4.38. The first-order valence-electron chi connectivity index (χ1n) is 7.44. The molecule has 0 aromatic heterocycles. The Morgan fingerprint density at radius 1 is 1.17 bits per heavy atom. The molecule has 0 bridgehead atoms. The average molecular weight is 323 g/mol. The molecule has 0 spiro atoms. The Balaban J connectivity index is 1.85. The van der Waals surface area contributed by atoms with Crippen molar-refractivity contribution in [2.45, 2.75) is 25.1 Å². The van der Waals surface area contributed by atoms with Crippen molar-refractivity contribution < 1.29 is 22.7 Å². The highest BCUT2D eigenvalue weighted by Gasteiger charge is 2.45. The van der Waals surface area contributed by atoms with Gasteiger partial charge in [0, 0.05) is 29.4 Å². The summed E-state index contributed by atoms with van der Waals surface area (Å²) >= 11 is 0. The zero-order valence-corrected chi connectivity index (χ0v) is 12.3. The van der Waals surface area contributed by atoms with E-state index in [1.165, 1.54) is 6.08 Å². The Morgan fingerprint density at radius 2 is 1.91 bits per heavy atom. The van der Waals surface area contributed by atoms with Gasteiger partial charge in [-0.05, 0) is 31.1 Å². The summed E-state index contributed by atoms with van der Waals surface area (Å²) in [6.45, 7) is 0.394. The fraction of sp³-hybridized carbons (Fsp3) is 0.353. The number of ether oxygens (including phenoxy) is 1. The summed E-state index contributed by atoms with van der Waals surface area (Å²) in [6.07, 6.45) is -1.80. The molecule has 3 nitrogen and oxygen atoms in total. The number of fused-ring (bicyclic) bond motifs is 1. The van der Waals surface area contributed by atoms with Crippen molar-refractivity contribution in [2.24, 2.45) is 5.92 Å². The van der Waals surface area contributed by atoms with Crippen molar-refractivity contribution in [1.82, 2.24) is 5.32 Å². The normalized spacial score (nSPS) is 24.3.